The summed E-state index contributed by atoms with van der Waals surface area (Å²) < 4.78 is 11.5. The van der Waals surface area contributed by atoms with Gasteiger partial charge in [0.05, 0.1) is 12.2 Å². The lowest BCUT2D eigenvalue weighted by Crippen LogP contribution is -2.17. The summed E-state index contributed by atoms with van der Waals surface area (Å²) in [5, 5.41) is 7.54. The molecule has 0 atom stereocenters. The fourth-order valence-corrected chi connectivity index (χ4v) is 3.67. The molecule has 0 unspecified atom stereocenters. The van der Waals surface area contributed by atoms with E-state index in [0.717, 1.165) is 16.3 Å². The van der Waals surface area contributed by atoms with Crippen molar-refractivity contribution in [1.82, 2.24) is 0 Å². The van der Waals surface area contributed by atoms with Gasteiger partial charge in [0.2, 0.25) is 11.5 Å². The average Bonchev–Trinajstić information content (AvgIpc) is 3.39. The van der Waals surface area contributed by atoms with Gasteiger partial charge in [0, 0.05) is 16.5 Å². The number of carbonyl (C=O) groups is 2. The van der Waals surface area contributed by atoms with E-state index in [1.54, 1.807) is 12.1 Å². The molecule has 0 saturated carbocycles. The highest BCUT2D eigenvalue weighted by molar-refractivity contribution is 6.12. The summed E-state index contributed by atoms with van der Waals surface area (Å²) in [5.74, 6) is -0.246. The van der Waals surface area contributed by atoms with Crippen LogP contribution in [0.1, 0.15) is 26.7 Å². The first kappa shape index (κ1) is 19.6. The predicted octanol–water partition coefficient (Wildman–Crippen LogP) is 6.03. The highest BCUT2D eigenvalue weighted by Gasteiger charge is 2.22. The number of para-hydroxylation sites is 2. The van der Waals surface area contributed by atoms with Gasteiger partial charge in [0.15, 0.2) is 5.76 Å². The van der Waals surface area contributed by atoms with Gasteiger partial charge in [-0.15, -0.1) is 0 Å². The van der Waals surface area contributed by atoms with Crippen LogP contribution < -0.4 is 10.6 Å². The minimum atomic E-state index is -0.398. The first-order chi connectivity index (χ1) is 15.6. The number of fused-ring (bicyclic) bond motifs is 2. The molecule has 0 fully saturated rings. The number of ketones is 1. The van der Waals surface area contributed by atoms with E-state index in [-0.39, 0.29) is 23.8 Å². The number of aryl methyl sites for hydroxylation is 1. The van der Waals surface area contributed by atoms with Crippen LogP contribution in [-0.4, -0.2) is 18.2 Å². The van der Waals surface area contributed by atoms with E-state index in [9.17, 15) is 9.59 Å². The van der Waals surface area contributed by atoms with Crippen molar-refractivity contribution in [3.63, 3.8) is 0 Å². The molecule has 0 aliphatic heterocycles. The Bertz CT molecular complexity index is 1430. The van der Waals surface area contributed by atoms with Crippen LogP contribution in [0.2, 0.25) is 0 Å². The first-order valence-corrected chi connectivity index (χ1v) is 10.2. The minimum Gasteiger partial charge on any atom is -0.453 e. The molecule has 6 nitrogen and oxygen atoms in total. The molecule has 158 valence electrons. The number of benzene rings is 3. The van der Waals surface area contributed by atoms with E-state index in [1.165, 1.54) is 0 Å². The zero-order chi connectivity index (χ0) is 22.1. The Hall–Kier alpha value is -4.32. The van der Waals surface area contributed by atoms with E-state index in [0.29, 0.717) is 22.5 Å². The molecule has 2 aromatic heterocycles. The standard InChI is InChI=1S/C26H20N2O4/c1-16-7-6-9-18(13-16)28-26(30)25-24(19-10-3-5-12-22(19)32-25)27-15-20(29)23-14-17-8-2-4-11-21(17)31-23/h2-14,27H,15H2,1H3,(H,28,30). The number of anilines is 2. The van der Waals surface area contributed by atoms with Crippen LogP contribution in [0.15, 0.2) is 87.7 Å². The fourth-order valence-electron chi connectivity index (χ4n) is 3.67. The Labute approximate surface area is 183 Å². The molecule has 0 radical (unpaired) electrons. The van der Waals surface area contributed by atoms with Crippen LogP contribution in [0.25, 0.3) is 21.9 Å². The number of carbonyl (C=O) groups excluding carboxylic acids is 2. The Morgan fingerprint density at radius 3 is 2.44 bits per heavy atom. The van der Waals surface area contributed by atoms with Crippen molar-refractivity contribution >= 4 is 45.0 Å². The molecule has 2 heterocycles. The van der Waals surface area contributed by atoms with Crippen molar-refractivity contribution in [3.8, 4) is 0 Å². The Morgan fingerprint density at radius 2 is 1.62 bits per heavy atom. The Kier molecular flexibility index (Phi) is 4.95. The Balaban J connectivity index is 1.42. The third-order valence-electron chi connectivity index (χ3n) is 5.20. The normalized spacial score (nSPS) is 11.0. The molecule has 2 N–H and O–H groups in total. The zero-order valence-electron chi connectivity index (χ0n) is 17.3. The zero-order valence-corrected chi connectivity index (χ0v) is 17.3. The molecule has 0 spiro atoms. The van der Waals surface area contributed by atoms with Crippen LogP contribution in [-0.2, 0) is 0 Å². The number of rotatable bonds is 6. The largest absolute Gasteiger partial charge is 0.453 e. The molecule has 0 aliphatic rings. The van der Waals surface area contributed by atoms with E-state index in [1.807, 2.05) is 73.7 Å². The van der Waals surface area contributed by atoms with E-state index >= 15 is 0 Å². The summed E-state index contributed by atoms with van der Waals surface area (Å²) in [5.41, 5.74) is 3.38. The quantitative estimate of drug-likeness (QED) is 0.325. The van der Waals surface area contributed by atoms with Gasteiger partial charge in [-0.1, -0.05) is 42.5 Å². The molecule has 32 heavy (non-hydrogen) atoms. The second-order valence-electron chi connectivity index (χ2n) is 7.55. The van der Waals surface area contributed by atoms with Crippen molar-refractivity contribution < 1.29 is 18.4 Å². The van der Waals surface area contributed by atoms with E-state index in [2.05, 4.69) is 10.6 Å². The van der Waals surface area contributed by atoms with Crippen molar-refractivity contribution in [1.29, 1.82) is 0 Å². The predicted molar refractivity (Wildman–Crippen MR) is 124 cm³/mol. The highest BCUT2D eigenvalue weighted by atomic mass is 16.4. The monoisotopic (exact) mass is 424 g/mol. The number of nitrogens with one attached hydrogen (secondary N) is 2. The van der Waals surface area contributed by atoms with Crippen molar-refractivity contribution in [2.45, 2.75) is 6.92 Å². The lowest BCUT2D eigenvalue weighted by molar-refractivity contribution is 0.0976. The number of hydrogen-bond acceptors (Lipinski definition) is 5. The minimum absolute atomic E-state index is 0.0475. The molecule has 0 aliphatic carbocycles. The Morgan fingerprint density at radius 1 is 0.844 bits per heavy atom. The van der Waals surface area contributed by atoms with Crippen LogP contribution in [0, 0.1) is 6.92 Å². The average molecular weight is 424 g/mol. The van der Waals surface area contributed by atoms with Gasteiger partial charge in [-0.05, 0) is 48.9 Å². The van der Waals surface area contributed by atoms with Crippen LogP contribution in [0.4, 0.5) is 11.4 Å². The summed E-state index contributed by atoms with van der Waals surface area (Å²) in [7, 11) is 0. The van der Waals surface area contributed by atoms with E-state index in [4.69, 9.17) is 8.83 Å². The lowest BCUT2D eigenvalue weighted by Gasteiger charge is -2.08. The molecule has 5 rings (SSSR count). The number of furan rings is 2. The number of amides is 1. The van der Waals surface area contributed by atoms with Gasteiger partial charge in [0.25, 0.3) is 5.91 Å². The SMILES string of the molecule is Cc1cccc(NC(=O)c2oc3ccccc3c2NCC(=O)c2cc3ccccc3o2)c1. The summed E-state index contributed by atoms with van der Waals surface area (Å²) in [6.45, 7) is 1.90. The second-order valence-corrected chi connectivity index (χ2v) is 7.55. The van der Waals surface area contributed by atoms with Crippen molar-refractivity contribution in [3.05, 3.63) is 95.9 Å². The molecule has 0 saturated heterocycles. The van der Waals surface area contributed by atoms with Crippen LogP contribution in [0.3, 0.4) is 0 Å². The fraction of sp³-hybridized carbons (Fsp3) is 0.0769. The number of Topliss-reactive ketones (excluding diaryl/α,β-unsaturated/α-hetero) is 1. The molecular weight excluding hydrogens is 404 g/mol. The summed E-state index contributed by atoms with van der Waals surface area (Å²) in [6, 6.07) is 24.0. The molecule has 0 bridgehead atoms. The first-order valence-electron chi connectivity index (χ1n) is 10.2. The maximum Gasteiger partial charge on any atom is 0.293 e. The summed E-state index contributed by atoms with van der Waals surface area (Å²) in [4.78, 5) is 25.8. The van der Waals surface area contributed by atoms with Crippen molar-refractivity contribution in [2.24, 2.45) is 0 Å². The third-order valence-corrected chi connectivity index (χ3v) is 5.20. The summed E-state index contributed by atoms with van der Waals surface area (Å²) >= 11 is 0. The van der Waals surface area contributed by atoms with Gasteiger partial charge >= 0.3 is 0 Å². The molecule has 3 aromatic carbocycles. The van der Waals surface area contributed by atoms with Gasteiger partial charge in [0.1, 0.15) is 11.2 Å². The van der Waals surface area contributed by atoms with Gasteiger partial charge in [-0.3, -0.25) is 9.59 Å². The maximum atomic E-state index is 13.0. The summed E-state index contributed by atoms with van der Waals surface area (Å²) in [6.07, 6.45) is 0. The van der Waals surface area contributed by atoms with Gasteiger partial charge < -0.3 is 19.5 Å². The van der Waals surface area contributed by atoms with Crippen molar-refractivity contribution in [2.75, 3.05) is 17.2 Å². The topological polar surface area (TPSA) is 84.5 Å². The maximum absolute atomic E-state index is 13.0. The molecule has 1 amide bonds. The molecule has 5 aromatic rings. The van der Waals surface area contributed by atoms with Crippen LogP contribution >= 0.6 is 0 Å². The van der Waals surface area contributed by atoms with Gasteiger partial charge in [-0.2, -0.15) is 0 Å². The second kappa shape index (κ2) is 8.07. The van der Waals surface area contributed by atoms with Gasteiger partial charge in [-0.25, -0.2) is 0 Å². The molecular formula is C26H20N2O4. The van der Waals surface area contributed by atoms with E-state index < -0.39 is 5.91 Å². The smallest absolute Gasteiger partial charge is 0.293 e. The number of hydrogen-bond donors (Lipinski definition) is 2. The molecule has 6 heteroatoms. The third kappa shape index (κ3) is 3.74. The lowest BCUT2D eigenvalue weighted by atomic mass is 10.2. The highest BCUT2D eigenvalue weighted by Crippen LogP contribution is 2.31. The van der Waals surface area contributed by atoms with Crippen LogP contribution in [0.5, 0.6) is 0 Å².